The maximum absolute atomic E-state index is 12.8. The molecular formula is C18H19N3O5S. The van der Waals surface area contributed by atoms with E-state index in [1.54, 1.807) is 44.4 Å². The van der Waals surface area contributed by atoms with Crippen molar-refractivity contribution in [2.75, 3.05) is 14.1 Å². The van der Waals surface area contributed by atoms with Crippen LogP contribution in [0.25, 0.3) is 11.1 Å². The molecule has 3 rings (SSSR count). The van der Waals surface area contributed by atoms with Gasteiger partial charge >= 0.3 is 5.76 Å². The molecule has 0 aliphatic rings. The summed E-state index contributed by atoms with van der Waals surface area (Å²) in [6.45, 7) is 0.132. The van der Waals surface area contributed by atoms with Crippen molar-refractivity contribution in [3.8, 4) is 0 Å². The summed E-state index contributed by atoms with van der Waals surface area (Å²) in [5.74, 6) is -0.760. The quantitative estimate of drug-likeness (QED) is 0.709. The van der Waals surface area contributed by atoms with Gasteiger partial charge in [-0.15, -0.1) is 0 Å². The average molecular weight is 389 g/mol. The molecule has 0 unspecified atom stereocenters. The summed E-state index contributed by atoms with van der Waals surface area (Å²) in [6, 6.07) is 11.0. The lowest BCUT2D eigenvalue weighted by Gasteiger charge is -2.17. The summed E-state index contributed by atoms with van der Waals surface area (Å²) in [5.41, 5.74) is 1.97. The van der Waals surface area contributed by atoms with Crippen LogP contribution >= 0.6 is 0 Å². The number of sulfonamides is 1. The van der Waals surface area contributed by atoms with Crippen LogP contribution in [-0.4, -0.2) is 37.3 Å². The van der Waals surface area contributed by atoms with E-state index >= 15 is 0 Å². The number of amides is 1. The molecule has 0 aliphatic heterocycles. The third-order valence-corrected chi connectivity index (χ3v) is 6.12. The molecule has 2 aromatic carbocycles. The van der Waals surface area contributed by atoms with Gasteiger partial charge in [0.15, 0.2) is 5.58 Å². The van der Waals surface area contributed by atoms with Crippen molar-refractivity contribution in [1.29, 1.82) is 0 Å². The number of oxazole rings is 1. The van der Waals surface area contributed by atoms with Crippen molar-refractivity contribution in [3.05, 3.63) is 64.1 Å². The largest absolute Gasteiger partial charge is 0.419 e. The number of fused-ring (bicyclic) bond motifs is 1. The Kier molecular flexibility index (Phi) is 4.90. The van der Waals surface area contributed by atoms with Crippen LogP contribution in [0, 0.1) is 0 Å². The van der Waals surface area contributed by atoms with Crippen LogP contribution in [0.1, 0.15) is 15.9 Å². The van der Waals surface area contributed by atoms with Crippen molar-refractivity contribution < 1.29 is 17.6 Å². The molecule has 3 aromatic rings. The molecule has 0 saturated carbocycles. The molecule has 0 fully saturated rings. The lowest BCUT2D eigenvalue weighted by atomic mass is 10.1. The Bertz CT molecular complexity index is 1160. The Balaban J connectivity index is 1.86. The molecule has 0 radical (unpaired) electrons. The first-order chi connectivity index (χ1) is 12.7. The number of aryl methyl sites for hydroxylation is 1. The predicted octanol–water partition coefficient (Wildman–Crippen LogP) is 1.31. The smallest absolute Gasteiger partial charge is 0.408 e. The minimum Gasteiger partial charge on any atom is -0.408 e. The number of aromatic nitrogens is 1. The number of nitrogens with zero attached hydrogens (tertiary/aromatic N) is 2. The van der Waals surface area contributed by atoms with Gasteiger partial charge in [-0.05, 0) is 29.8 Å². The second-order valence-corrected chi connectivity index (χ2v) is 8.14. The highest BCUT2D eigenvalue weighted by atomic mass is 32.2. The Labute approximate surface area is 156 Å². The maximum Gasteiger partial charge on any atom is 0.419 e. The van der Waals surface area contributed by atoms with Gasteiger partial charge in [-0.2, -0.15) is 4.31 Å². The Morgan fingerprint density at radius 3 is 2.48 bits per heavy atom. The highest BCUT2D eigenvalue weighted by Gasteiger charge is 2.22. The van der Waals surface area contributed by atoms with Gasteiger partial charge in [0, 0.05) is 39.3 Å². The Hall–Kier alpha value is -2.91. The average Bonchev–Trinajstić information content (AvgIpc) is 2.95. The summed E-state index contributed by atoms with van der Waals surface area (Å²) in [4.78, 5) is 23.2. The summed E-state index contributed by atoms with van der Waals surface area (Å²) in [6.07, 6.45) is 0. The fourth-order valence-electron chi connectivity index (χ4n) is 2.70. The van der Waals surface area contributed by atoms with Gasteiger partial charge in [-0.3, -0.25) is 9.36 Å². The summed E-state index contributed by atoms with van der Waals surface area (Å²) >= 11 is 0. The predicted molar refractivity (Wildman–Crippen MR) is 99.9 cm³/mol. The zero-order valence-corrected chi connectivity index (χ0v) is 15.9. The topological polar surface area (TPSA) is 102 Å². The molecule has 1 N–H and O–H groups in total. The number of rotatable bonds is 5. The van der Waals surface area contributed by atoms with Gasteiger partial charge in [0.2, 0.25) is 10.0 Å². The van der Waals surface area contributed by atoms with Crippen molar-refractivity contribution in [1.82, 2.24) is 14.2 Å². The summed E-state index contributed by atoms with van der Waals surface area (Å²) < 4.78 is 33.2. The van der Waals surface area contributed by atoms with E-state index in [-0.39, 0.29) is 22.9 Å². The number of carbonyl (C=O) groups is 1. The first-order valence-electron chi connectivity index (χ1n) is 8.11. The number of benzene rings is 2. The van der Waals surface area contributed by atoms with Gasteiger partial charge in [-0.1, -0.05) is 12.1 Å². The van der Waals surface area contributed by atoms with Gasteiger partial charge in [0.25, 0.3) is 5.91 Å². The third kappa shape index (κ3) is 3.51. The van der Waals surface area contributed by atoms with Crippen molar-refractivity contribution in [2.45, 2.75) is 11.4 Å². The number of hydrogen-bond acceptors (Lipinski definition) is 5. The highest BCUT2D eigenvalue weighted by Crippen LogP contribution is 2.22. The van der Waals surface area contributed by atoms with Crippen molar-refractivity contribution >= 4 is 27.0 Å². The highest BCUT2D eigenvalue weighted by molar-refractivity contribution is 7.89. The van der Waals surface area contributed by atoms with E-state index in [1.165, 1.54) is 28.1 Å². The zero-order chi connectivity index (χ0) is 19.8. The summed E-state index contributed by atoms with van der Waals surface area (Å²) in [7, 11) is 0.781. The van der Waals surface area contributed by atoms with E-state index in [0.717, 1.165) is 5.56 Å². The van der Waals surface area contributed by atoms with Crippen LogP contribution in [-0.2, 0) is 23.6 Å². The lowest BCUT2D eigenvalue weighted by molar-refractivity contribution is 0.0963. The molecular weight excluding hydrogens is 370 g/mol. The lowest BCUT2D eigenvalue weighted by Crippen LogP contribution is -2.26. The normalized spacial score (nSPS) is 11.9. The molecule has 1 amide bonds. The molecule has 0 aliphatic carbocycles. The first-order valence-corrected chi connectivity index (χ1v) is 9.55. The van der Waals surface area contributed by atoms with Crippen LogP contribution in [0.15, 0.2) is 56.6 Å². The standard InChI is InChI=1S/C18H19N3O5S/c1-19-17(22)13-6-4-12(5-7-13)11-20(2)27(24,25)14-8-9-15-16(10-14)26-18(23)21(15)3/h4-10H,11H2,1-3H3,(H,19,22). The number of nitrogens with one attached hydrogen (secondary N) is 1. The Morgan fingerprint density at radius 1 is 1.19 bits per heavy atom. The minimum atomic E-state index is -3.78. The molecule has 27 heavy (non-hydrogen) atoms. The second-order valence-electron chi connectivity index (χ2n) is 6.09. The van der Waals surface area contributed by atoms with E-state index < -0.39 is 15.8 Å². The molecule has 0 atom stereocenters. The summed E-state index contributed by atoms with van der Waals surface area (Å²) in [5, 5.41) is 2.53. The van der Waals surface area contributed by atoms with Crippen LogP contribution in [0.4, 0.5) is 0 Å². The fraction of sp³-hybridized carbons (Fsp3) is 0.222. The monoisotopic (exact) mass is 389 g/mol. The first kappa shape index (κ1) is 18.9. The Morgan fingerprint density at radius 2 is 1.85 bits per heavy atom. The van der Waals surface area contributed by atoms with E-state index in [1.807, 2.05) is 0 Å². The minimum absolute atomic E-state index is 0.0360. The molecule has 0 spiro atoms. The van der Waals surface area contributed by atoms with E-state index in [0.29, 0.717) is 11.1 Å². The maximum atomic E-state index is 12.8. The van der Waals surface area contributed by atoms with Gasteiger partial charge in [0.05, 0.1) is 10.4 Å². The van der Waals surface area contributed by atoms with Gasteiger partial charge in [-0.25, -0.2) is 13.2 Å². The fourth-order valence-corrected chi connectivity index (χ4v) is 3.88. The molecule has 1 aromatic heterocycles. The molecule has 1 heterocycles. The second kappa shape index (κ2) is 7.01. The SMILES string of the molecule is CNC(=O)c1ccc(CN(C)S(=O)(=O)c2ccc3c(c2)oc(=O)n3C)cc1. The molecule has 9 heteroatoms. The van der Waals surface area contributed by atoms with E-state index in [4.69, 9.17) is 4.42 Å². The zero-order valence-electron chi connectivity index (χ0n) is 15.1. The molecule has 142 valence electrons. The van der Waals surface area contributed by atoms with Gasteiger partial charge < -0.3 is 9.73 Å². The number of hydrogen-bond donors (Lipinski definition) is 1. The van der Waals surface area contributed by atoms with Crippen LogP contribution in [0.3, 0.4) is 0 Å². The van der Waals surface area contributed by atoms with Crippen molar-refractivity contribution in [3.63, 3.8) is 0 Å². The molecule has 0 bridgehead atoms. The van der Waals surface area contributed by atoms with Crippen molar-refractivity contribution in [2.24, 2.45) is 7.05 Å². The van der Waals surface area contributed by atoms with Crippen LogP contribution in [0.2, 0.25) is 0 Å². The number of carbonyl (C=O) groups excluding carboxylic acids is 1. The van der Waals surface area contributed by atoms with E-state index in [2.05, 4.69) is 5.32 Å². The van der Waals surface area contributed by atoms with E-state index in [9.17, 15) is 18.0 Å². The van der Waals surface area contributed by atoms with Crippen LogP contribution < -0.4 is 11.1 Å². The molecule has 0 saturated heterocycles. The third-order valence-electron chi connectivity index (χ3n) is 4.32. The van der Waals surface area contributed by atoms with Gasteiger partial charge in [0.1, 0.15) is 0 Å². The van der Waals surface area contributed by atoms with Crippen LogP contribution in [0.5, 0.6) is 0 Å². The molecule has 8 nitrogen and oxygen atoms in total.